The molecule has 1 saturated heterocycles. The highest BCUT2D eigenvalue weighted by Gasteiger charge is 2.40. The third kappa shape index (κ3) is 5.10. The van der Waals surface area contributed by atoms with Gasteiger partial charge in [0, 0.05) is 36.4 Å². The smallest absolute Gasteiger partial charge is 0.255 e. The van der Waals surface area contributed by atoms with Gasteiger partial charge < -0.3 is 5.32 Å². The van der Waals surface area contributed by atoms with E-state index in [-0.39, 0.29) is 25.4 Å². The second-order valence-corrected chi connectivity index (χ2v) is 10.5. The number of carbonyl (C=O) groups is 1. The number of sulfonamides is 1. The van der Waals surface area contributed by atoms with Crippen LogP contribution in [-0.4, -0.2) is 49.0 Å². The number of amides is 1. The number of aryl methyl sites for hydroxylation is 1. The second-order valence-electron chi connectivity index (χ2n) is 8.06. The molecule has 10 heteroatoms. The summed E-state index contributed by atoms with van der Waals surface area (Å²) in [5.41, 5.74) is 0.294. The maximum atomic E-state index is 14.2. The molecule has 1 N–H and O–H groups in total. The number of nitrogens with one attached hydrogen (secondary N) is 1. The van der Waals surface area contributed by atoms with Gasteiger partial charge in [-0.05, 0) is 50.5 Å². The fraction of sp³-hybridized carbons (Fsp3) is 0.455. The van der Waals surface area contributed by atoms with E-state index in [0.717, 1.165) is 23.5 Å². The van der Waals surface area contributed by atoms with Gasteiger partial charge in [0.15, 0.2) is 0 Å². The molecule has 0 radical (unpaired) electrons. The summed E-state index contributed by atoms with van der Waals surface area (Å²) in [6, 6.07) is 7.25. The Labute approximate surface area is 192 Å². The summed E-state index contributed by atoms with van der Waals surface area (Å²) in [6.07, 6.45) is 1.37. The van der Waals surface area contributed by atoms with Crippen molar-refractivity contribution in [2.45, 2.75) is 38.5 Å². The minimum Gasteiger partial charge on any atom is -0.351 e. The van der Waals surface area contributed by atoms with Gasteiger partial charge in [-0.25, -0.2) is 21.5 Å². The number of carbonyl (C=O) groups excluding carboxylic acids is 1. The zero-order valence-corrected chi connectivity index (χ0v) is 19.6. The van der Waals surface area contributed by atoms with Crippen molar-refractivity contribution in [3.63, 3.8) is 0 Å². The van der Waals surface area contributed by atoms with Crippen LogP contribution in [0.1, 0.15) is 47.9 Å². The average molecular weight is 486 g/mol. The van der Waals surface area contributed by atoms with Crippen LogP contribution in [0.4, 0.5) is 8.78 Å². The van der Waals surface area contributed by atoms with Crippen molar-refractivity contribution in [3.05, 3.63) is 63.9 Å². The summed E-state index contributed by atoms with van der Waals surface area (Å²) in [4.78, 5) is 17.3. The maximum absolute atomic E-state index is 14.2. The number of hydrogen-bond acceptors (Lipinski definition) is 4. The van der Waals surface area contributed by atoms with Crippen LogP contribution in [0.5, 0.6) is 0 Å². The van der Waals surface area contributed by atoms with E-state index in [4.69, 9.17) is 11.6 Å². The average Bonchev–Trinajstić information content (AvgIpc) is 2.75. The first-order valence-electron chi connectivity index (χ1n) is 10.4. The number of pyridine rings is 1. The summed E-state index contributed by atoms with van der Waals surface area (Å²) < 4.78 is 54.4. The van der Waals surface area contributed by atoms with Crippen LogP contribution < -0.4 is 5.32 Å². The van der Waals surface area contributed by atoms with Gasteiger partial charge in [0.2, 0.25) is 10.0 Å². The fourth-order valence-electron chi connectivity index (χ4n) is 4.01. The van der Waals surface area contributed by atoms with Crippen molar-refractivity contribution in [2.24, 2.45) is 0 Å². The lowest BCUT2D eigenvalue weighted by molar-refractivity contribution is 0.0927. The third-order valence-electron chi connectivity index (χ3n) is 5.83. The van der Waals surface area contributed by atoms with Gasteiger partial charge >= 0.3 is 0 Å². The Kier molecular flexibility index (Phi) is 7.52. The number of hydrogen-bond donors (Lipinski definition) is 1. The van der Waals surface area contributed by atoms with Gasteiger partial charge in [-0.1, -0.05) is 24.6 Å². The van der Waals surface area contributed by atoms with Gasteiger partial charge in [-0.2, -0.15) is 0 Å². The van der Waals surface area contributed by atoms with Crippen LogP contribution in [0.25, 0.3) is 0 Å². The quantitative estimate of drug-likeness (QED) is 0.604. The van der Waals surface area contributed by atoms with Crippen LogP contribution in [0.3, 0.4) is 0 Å². The molecular weight excluding hydrogens is 460 g/mol. The molecule has 1 aliphatic rings. The summed E-state index contributed by atoms with van der Waals surface area (Å²) in [7, 11) is -3.35. The maximum Gasteiger partial charge on any atom is 0.255 e. The zero-order valence-electron chi connectivity index (χ0n) is 18.0. The Morgan fingerprint density at radius 2 is 1.84 bits per heavy atom. The van der Waals surface area contributed by atoms with Gasteiger partial charge in [0.25, 0.3) is 5.91 Å². The summed E-state index contributed by atoms with van der Waals surface area (Å²) in [6.45, 7) is 4.30. The third-order valence-corrected chi connectivity index (χ3v) is 8.27. The molecule has 174 valence electrons. The molecule has 2 heterocycles. The molecule has 6 nitrogen and oxygen atoms in total. The molecular formula is C22H26ClF2N3O3S. The Hall–Kier alpha value is -2.10. The first kappa shape index (κ1) is 24.5. The summed E-state index contributed by atoms with van der Waals surface area (Å²) in [5.74, 6) is -2.56. The molecule has 0 bridgehead atoms. The van der Waals surface area contributed by atoms with Gasteiger partial charge in [0.1, 0.15) is 11.6 Å². The highest BCUT2D eigenvalue weighted by molar-refractivity contribution is 7.89. The highest BCUT2D eigenvalue weighted by atomic mass is 35.5. The Morgan fingerprint density at radius 3 is 2.47 bits per heavy atom. The normalized spacial score (nSPS) is 16.7. The summed E-state index contributed by atoms with van der Waals surface area (Å²) >= 11 is 5.82. The molecule has 32 heavy (non-hydrogen) atoms. The van der Waals surface area contributed by atoms with Gasteiger partial charge in [0.05, 0.1) is 16.3 Å². The lowest BCUT2D eigenvalue weighted by Crippen LogP contribution is -2.51. The monoisotopic (exact) mass is 485 g/mol. The minimum atomic E-state index is -3.35. The number of aromatic nitrogens is 1. The van der Waals surface area contributed by atoms with E-state index >= 15 is 0 Å². The molecule has 0 aliphatic carbocycles. The number of benzene rings is 1. The van der Waals surface area contributed by atoms with E-state index in [1.807, 2.05) is 32.0 Å². The van der Waals surface area contributed by atoms with E-state index < -0.39 is 43.6 Å². The van der Waals surface area contributed by atoms with Crippen molar-refractivity contribution >= 4 is 27.5 Å². The van der Waals surface area contributed by atoms with Crippen LogP contribution in [-0.2, 0) is 15.4 Å². The van der Waals surface area contributed by atoms with Crippen molar-refractivity contribution < 1.29 is 22.0 Å². The van der Waals surface area contributed by atoms with Gasteiger partial charge in [-0.3, -0.25) is 9.78 Å². The highest BCUT2D eigenvalue weighted by Crippen LogP contribution is 2.35. The standard InChI is InChI=1S/C22H26ClF2N3O3S/c1-3-13-32(30,31)28-11-9-22(10-12-28,18-6-4-5-15(2)27-18)14-26-21(29)19-16(24)7-8-17(25)20(19)23/h4-8H,3,9-14H2,1-2H3,(H,26,29). The number of rotatable bonds is 7. The molecule has 1 aromatic heterocycles. The first-order valence-corrected chi connectivity index (χ1v) is 12.4. The van der Waals surface area contributed by atoms with E-state index in [1.165, 1.54) is 4.31 Å². The number of halogens is 3. The Morgan fingerprint density at radius 1 is 1.19 bits per heavy atom. The molecule has 1 aliphatic heterocycles. The molecule has 1 amide bonds. The first-order chi connectivity index (χ1) is 15.1. The minimum absolute atomic E-state index is 0.0796. The Bertz CT molecular complexity index is 1100. The lowest BCUT2D eigenvalue weighted by atomic mass is 9.75. The fourth-order valence-corrected chi connectivity index (χ4v) is 5.77. The van der Waals surface area contributed by atoms with Crippen molar-refractivity contribution in [1.82, 2.24) is 14.6 Å². The van der Waals surface area contributed by atoms with Crippen molar-refractivity contribution in [3.8, 4) is 0 Å². The molecule has 2 aromatic rings. The number of nitrogens with zero attached hydrogens (tertiary/aromatic N) is 2. The predicted molar refractivity (Wildman–Crippen MR) is 119 cm³/mol. The molecule has 0 spiro atoms. The van der Waals surface area contributed by atoms with E-state index in [9.17, 15) is 22.0 Å². The molecule has 1 aromatic carbocycles. The van der Waals surface area contributed by atoms with Crippen LogP contribution in [0.15, 0.2) is 30.3 Å². The van der Waals surface area contributed by atoms with Crippen LogP contribution >= 0.6 is 11.6 Å². The van der Waals surface area contributed by atoms with Crippen molar-refractivity contribution in [2.75, 3.05) is 25.4 Å². The van der Waals surface area contributed by atoms with E-state index in [2.05, 4.69) is 10.3 Å². The Balaban J connectivity index is 1.86. The van der Waals surface area contributed by atoms with Crippen LogP contribution in [0, 0.1) is 18.6 Å². The molecule has 0 atom stereocenters. The lowest BCUT2D eigenvalue weighted by Gasteiger charge is -2.41. The summed E-state index contributed by atoms with van der Waals surface area (Å²) in [5, 5.41) is 2.10. The molecule has 3 rings (SSSR count). The van der Waals surface area contributed by atoms with Crippen molar-refractivity contribution in [1.29, 1.82) is 0 Å². The van der Waals surface area contributed by atoms with Crippen LogP contribution in [0.2, 0.25) is 5.02 Å². The van der Waals surface area contributed by atoms with E-state index in [1.54, 1.807) is 0 Å². The molecule has 0 unspecified atom stereocenters. The SMILES string of the molecule is CCCS(=O)(=O)N1CCC(CNC(=O)c2c(F)ccc(F)c2Cl)(c2cccc(C)n2)CC1. The second kappa shape index (κ2) is 9.80. The molecule has 1 fully saturated rings. The predicted octanol–water partition coefficient (Wildman–Crippen LogP) is 3.83. The zero-order chi connectivity index (χ0) is 23.5. The molecule has 0 saturated carbocycles. The van der Waals surface area contributed by atoms with E-state index in [0.29, 0.717) is 19.3 Å². The van der Waals surface area contributed by atoms with Gasteiger partial charge in [-0.15, -0.1) is 0 Å². The topological polar surface area (TPSA) is 79.4 Å². The largest absolute Gasteiger partial charge is 0.351 e. The number of piperidine rings is 1.